The first-order chi connectivity index (χ1) is 6.77. The Morgan fingerprint density at radius 2 is 2.00 bits per heavy atom. The normalized spacial score (nSPS) is 17.1. The summed E-state index contributed by atoms with van der Waals surface area (Å²) in [6.45, 7) is 4.35. The van der Waals surface area contributed by atoms with Crippen LogP contribution in [0.25, 0.3) is 5.57 Å². The van der Waals surface area contributed by atoms with Crippen molar-refractivity contribution in [3.8, 4) is 0 Å². The summed E-state index contributed by atoms with van der Waals surface area (Å²) >= 11 is 2.08. The fraction of sp³-hybridized carbons (Fsp3) is 0.273. The van der Waals surface area contributed by atoms with E-state index in [4.69, 9.17) is 2.81 Å². The number of allylic oxidation sites excluding steroid dienone is 4. The number of halogens is 2. The SMILES string of the molecule is CC1=CC(c2cccs2)=[C-]C1C.[Cl-].[Cl-].[O]=[Zr+2]. The number of rotatable bonds is 1. The second-order valence-electron chi connectivity index (χ2n) is 3.15. The molecule has 1 nitrogen and oxygen atoms in total. The van der Waals surface area contributed by atoms with Gasteiger partial charge < -0.3 is 24.8 Å². The van der Waals surface area contributed by atoms with Crippen molar-refractivity contribution >= 4 is 16.9 Å². The van der Waals surface area contributed by atoms with Crippen LogP contribution >= 0.6 is 11.3 Å². The molecule has 1 aromatic rings. The zero-order chi connectivity index (χ0) is 10.6. The molecule has 0 bridgehead atoms. The van der Waals surface area contributed by atoms with Crippen LogP contribution in [0.5, 0.6) is 0 Å². The van der Waals surface area contributed by atoms with Crippen LogP contribution in [-0.2, 0) is 27.5 Å². The van der Waals surface area contributed by atoms with E-state index in [0.717, 1.165) is 0 Å². The van der Waals surface area contributed by atoms with E-state index in [1.165, 1.54) is 16.0 Å². The van der Waals surface area contributed by atoms with Gasteiger partial charge in [-0.05, 0) is 5.38 Å². The molecule has 0 spiro atoms. The standard InChI is InChI=1S/C11H11S.2ClH.O.Zr/c1-8-6-10(7-9(8)2)11-4-3-5-12-11;;;;/h3-6,9H,1-2H3;2*1H;;/q-1;;;;+2/p-2. The van der Waals surface area contributed by atoms with Crippen molar-refractivity contribution in [3.63, 3.8) is 0 Å². The topological polar surface area (TPSA) is 17.1 Å². The molecule has 0 saturated carbocycles. The fourth-order valence-electron chi connectivity index (χ4n) is 1.32. The number of hydrogen-bond donors (Lipinski definition) is 0. The summed E-state index contributed by atoms with van der Waals surface area (Å²) in [6.07, 6.45) is 5.67. The zero-order valence-electron chi connectivity index (χ0n) is 8.96. The van der Waals surface area contributed by atoms with E-state index in [1.54, 1.807) is 11.3 Å². The first-order valence-corrected chi connectivity index (χ1v) is 6.21. The maximum atomic E-state index is 8.34. The van der Waals surface area contributed by atoms with Crippen molar-refractivity contribution in [1.29, 1.82) is 0 Å². The van der Waals surface area contributed by atoms with E-state index < -0.39 is 0 Å². The summed E-state index contributed by atoms with van der Waals surface area (Å²) in [6, 6.07) is 4.23. The molecular formula is C11H11Cl2OSZr-. The van der Waals surface area contributed by atoms with Gasteiger partial charge in [-0.3, -0.25) is 0 Å². The van der Waals surface area contributed by atoms with E-state index in [2.05, 4.69) is 43.5 Å². The molecule has 1 heterocycles. The van der Waals surface area contributed by atoms with Crippen LogP contribution in [0.4, 0.5) is 0 Å². The van der Waals surface area contributed by atoms with Crippen LogP contribution in [0, 0.1) is 12.0 Å². The quantitative estimate of drug-likeness (QED) is 0.507. The van der Waals surface area contributed by atoms with Gasteiger partial charge in [0.15, 0.2) is 0 Å². The Bertz CT molecular complexity index is 360. The number of hydrogen-bond acceptors (Lipinski definition) is 2. The van der Waals surface area contributed by atoms with Crippen LogP contribution in [0.1, 0.15) is 18.7 Å². The van der Waals surface area contributed by atoms with Crippen molar-refractivity contribution < 1.29 is 52.4 Å². The molecule has 0 amide bonds. The Labute approximate surface area is 128 Å². The fourth-order valence-corrected chi connectivity index (χ4v) is 2.02. The van der Waals surface area contributed by atoms with Gasteiger partial charge in [0.2, 0.25) is 0 Å². The van der Waals surface area contributed by atoms with Crippen LogP contribution in [0.2, 0.25) is 0 Å². The summed E-state index contributed by atoms with van der Waals surface area (Å²) in [5.41, 5.74) is 2.69. The van der Waals surface area contributed by atoms with Crippen LogP contribution in [0.3, 0.4) is 0 Å². The van der Waals surface area contributed by atoms with Crippen LogP contribution in [0.15, 0.2) is 29.2 Å². The van der Waals surface area contributed by atoms with Crippen molar-refractivity contribution in [3.05, 3.63) is 40.1 Å². The first-order valence-electron chi connectivity index (χ1n) is 4.33. The minimum absolute atomic E-state index is 0. The van der Waals surface area contributed by atoms with Gasteiger partial charge in [0, 0.05) is 0 Å². The molecule has 0 saturated heterocycles. The minimum atomic E-state index is 0. The summed E-state index contributed by atoms with van der Waals surface area (Å²) in [5, 5.41) is 2.11. The van der Waals surface area contributed by atoms with E-state index >= 15 is 0 Å². The van der Waals surface area contributed by atoms with Gasteiger partial charge in [-0.2, -0.15) is 17.7 Å². The summed E-state index contributed by atoms with van der Waals surface area (Å²) < 4.78 is 8.34. The molecule has 0 N–H and O–H groups in total. The molecule has 86 valence electrons. The van der Waals surface area contributed by atoms with Gasteiger partial charge in [0.25, 0.3) is 0 Å². The molecule has 1 unspecified atom stereocenters. The summed E-state index contributed by atoms with van der Waals surface area (Å²) in [7, 11) is 0. The molecule has 1 aliphatic carbocycles. The van der Waals surface area contributed by atoms with Crippen LogP contribution < -0.4 is 24.8 Å². The van der Waals surface area contributed by atoms with Gasteiger partial charge >= 0.3 is 27.5 Å². The molecule has 0 radical (unpaired) electrons. The predicted octanol–water partition coefficient (Wildman–Crippen LogP) is -2.58. The third kappa shape index (κ3) is 4.75. The second kappa shape index (κ2) is 9.47. The van der Waals surface area contributed by atoms with Crippen LogP contribution in [-0.4, -0.2) is 0 Å². The zero-order valence-corrected chi connectivity index (χ0v) is 13.7. The molecule has 16 heavy (non-hydrogen) atoms. The molecule has 0 aromatic carbocycles. The Morgan fingerprint density at radius 1 is 1.38 bits per heavy atom. The van der Waals surface area contributed by atoms with Gasteiger partial charge in [-0.25, -0.2) is 11.3 Å². The van der Waals surface area contributed by atoms with Gasteiger partial charge in [0.05, 0.1) is 0 Å². The van der Waals surface area contributed by atoms with E-state index in [1.807, 2.05) is 0 Å². The van der Waals surface area contributed by atoms with Crippen molar-refractivity contribution in [1.82, 2.24) is 0 Å². The van der Waals surface area contributed by atoms with E-state index in [9.17, 15) is 0 Å². The predicted molar refractivity (Wildman–Crippen MR) is 54.6 cm³/mol. The van der Waals surface area contributed by atoms with Crippen molar-refractivity contribution in [2.75, 3.05) is 0 Å². The Balaban J connectivity index is 0. The first kappa shape index (κ1) is 18.8. The van der Waals surface area contributed by atoms with Gasteiger partial charge in [-0.15, -0.1) is 11.6 Å². The average molecular weight is 353 g/mol. The average Bonchev–Trinajstić information content (AvgIpc) is 2.80. The molecule has 2 rings (SSSR count). The number of thiophene rings is 1. The molecule has 0 aliphatic heterocycles. The Morgan fingerprint density at radius 3 is 2.38 bits per heavy atom. The molecule has 5 heteroatoms. The van der Waals surface area contributed by atoms with Crippen molar-refractivity contribution in [2.24, 2.45) is 5.92 Å². The Kier molecular flexibility index (Phi) is 11.1. The van der Waals surface area contributed by atoms with E-state index in [-0.39, 0.29) is 24.8 Å². The molecule has 1 aromatic heterocycles. The van der Waals surface area contributed by atoms with Gasteiger partial charge in [-0.1, -0.05) is 30.7 Å². The molecular weight excluding hydrogens is 342 g/mol. The third-order valence-electron chi connectivity index (χ3n) is 2.21. The summed E-state index contributed by atoms with van der Waals surface area (Å²) in [5.74, 6) is 0.502. The van der Waals surface area contributed by atoms with Gasteiger partial charge in [0.1, 0.15) is 0 Å². The van der Waals surface area contributed by atoms with Crippen molar-refractivity contribution in [2.45, 2.75) is 13.8 Å². The molecule has 1 aliphatic rings. The monoisotopic (exact) mass is 351 g/mol. The second-order valence-corrected chi connectivity index (χ2v) is 4.09. The molecule has 0 fully saturated rings. The third-order valence-corrected chi connectivity index (χ3v) is 3.12. The Hall–Kier alpha value is 0.443. The molecule has 1 atom stereocenters. The van der Waals surface area contributed by atoms with E-state index in [0.29, 0.717) is 30.6 Å². The summed E-state index contributed by atoms with van der Waals surface area (Å²) in [4.78, 5) is 1.33. The maximum absolute atomic E-state index is 8.34.